The van der Waals surface area contributed by atoms with Gasteiger partial charge in [-0.1, -0.05) is 24.3 Å². The summed E-state index contributed by atoms with van der Waals surface area (Å²) >= 11 is 0. The highest BCUT2D eigenvalue weighted by Gasteiger charge is 2.54. The quantitative estimate of drug-likeness (QED) is 0.880. The molecule has 4 nitrogen and oxygen atoms in total. The molecule has 2 N–H and O–H groups in total. The van der Waals surface area contributed by atoms with Crippen molar-refractivity contribution in [3.05, 3.63) is 35.4 Å². The molecular weight excluding hydrogens is 264 g/mol. The Balaban J connectivity index is 1.46. The zero-order valence-electron chi connectivity index (χ0n) is 12.2. The Morgan fingerprint density at radius 2 is 1.67 bits per heavy atom. The topological polar surface area (TPSA) is 52.6 Å². The van der Waals surface area contributed by atoms with Gasteiger partial charge in [-0.25, -0.2) is 0 Å². The first-order chi connectivity index (χ1) is 10.2. The van der Waals surface area contributed by atoms with Crippen molar-refractivity contribution in [2.24, 2.45) is 11.8 Å². The fraction of sp³-hybridized carbons (Fsp3) is 0.588. The molecule has 0 aliphatic carbocycles. The first-order valence-electron chi connectivity index (χ1n) is 7.98. The van der Waals surface area contributed by atoms with Crippen LogP contribution in [0.2, 0.25) is 0 Å². The molecule has 3 saturated heterocycles. The minimum absolute atomic E-state index is 0.116. The molecule has 0 amide bonds. The molecule has 4 heteroatoms. The highest BCUT2D eigenvalue weighted by atomic mass is 16.4. The lowest BCUT2D eigenvalue weighted by Gasteiger charge is -2.24. The normalized spacial score (nSPS) is 34.3. The number of benzene rings is 1. The van der Waals surface area contributed by atoms with Crippen molar-refractivity contribution in [1.29, 1.82) is 0 Å². The molecule has 3 aliphatic rings. The zero-order chi connectivity index (χ0) is 14.4. The van der Waals surface area contributed by atoms with E-state index in [1.165, 1.54) is 31.5 Å². The third-order valence-corrected chi connectivity index (χ3v) is 5.65. The Hall–Kier alpha value is -1.39. The van der Waals surface area contributed by atoms with E-state index in [1.54, 1.807) is 0 Å². The Labute approximate surface area is 125 Å². The van der Waals surface area contributed by atoms with Crippen LogP contribution in [0.5, 0.6) is 0 Å². The average molecular weight is 286 g/mol. The summed E-state index contributed by atoms with van der Waals surface area (Å²) in [6, 6.07) is 9.64. The van der Waals surface area contributed by atoms with E-state index in [4.69, 9.17) is 5.11 Å². The molecule has 0 radical (unpaired) electrons. The Morgan fingerprint density at radius 3 is 2.24 bits per heavy atom. The van der Waals surface area contributed by atoms with Gasteiger partial charge in [-0.2, -0.15) is 0 Å². The first kappa shape index (κ1) is 13.3. The number of carbonyl (C=O) groups is 1. The number of nitrogens with zero attached hydrogens (tertiary/aromatic N) is 1. The molecule has 0 saturated carbocycles. The monoisotopic (exact) mass is 286 g/mol. The highest BCUT2D eigenvalue weighted by molar-refractivity contribution is 5.70. The van der Waals surface area contributed by atoms with E-state index < -0.39 is 5.97 Å². The van der Waals surface area contributed by atoms with E-state index in [-0.39, 0.29) is 6.42 Å². The summed E-state index contributed by atoms with van der Waals surface area (Å²) in [4.78, 5) is 13.4. The maximum atomic E-state index is 10.7. The average Bonchev–Trinajstić information content (AvgIpc) is 3.13. The van der Waals surface area contributed by atoms with Gasteiger partial charge in [0.05, 0.1) is 6.42 Å². The van der Waals surface area contributed by atoms with Crippen LogP contribution in [0.3, 0.4) is 0 Å². The van der Waals surface area contributed by atoms with Gasteiger partial charge in [-0.05, 0) is 48.9 Å². The minimum atomic E-state index is -0.763. The van der Waals surface area contributed by atoms with Gasteiger partial charge in [0.15, 0.2) is 0 Å². The smallest absolute Gasteiger partial charge is 0.307 e. The number of hydrogen-bond acceptors (Lipinski definition) is 3. The summed E-state index contributed by atoms with van der Waals surface area (Å²) in [6.07, 6.45) is 2.82. The summed E-state index contributed by atoms with van der Waals surface area (Å²) in [5.74, 6) is 0.950. The second kappa shape index (κ2) is 5.11. The molecular formula is C17H22N2O2. The van der Waals surface area contributed by atoms with Crippen molar-refractivity contribution < 1.29 is 9.90 Å². The lowest BCUT2D eigenvalue weighted by atomic mass is 9.82. The maximum absolute atomic E-state index is 10.7. The van der Waals surface area contributed by atoms with Crippen LogP contribution in [0.25, 0.3) is 0 Å². The van der Waals surface area contributed by atoms with Crippen molar-refractivity contribution in [3.8, 4) is 0 Å². The molecule has 0 aromatic heterocycles. The van der Waals surface area contributed by atoms with Gasteiger partial charge in [0.1, 0.15) is 0 Å². The van der Waals surface area contributed by atoms with Crippen LogP contribution in [-0.2, 0) is 17.8 Å². The predicted octanol–water partition coefficient (Wildman–Crippen LogP) is 1.50. The summed E-state index contributed by atoms with van der Waals surface area (Å²) in [6.45, 7) is 3.41. The lowest BCUT2D eigenvalue weighted by molar-refractivity contribution is -0.136. The maximum Gasteiger partial charge on any atom is 0.307 e. The van der Waals surface area contributed by atoms with Gasteiger partial charge in [0.2, 0.25) is 0 Å². The molecule has 0 unspecified atom stereocenters. The third-order valence-electron chi connectivity index (χ3n) is 5.65. The highest BCUT2D eigenvalue weighted by Crippen LogP contribution is 2.47. The van der Waals surface area contributed by atoms with Gasteiger partial charge >= 0.3 is 5.97 Å². The van der Waals surface area contributed by atoms with E-state index in [1.807, 2.05) is 12.1 Å². The van der Waals surface area contributed by atoms with Crippen LogP contribution < -0.4 is 5.32 Å². The predicted molar refractivity (Wildman–Crippen MR) is 80.0 cm³/mol. The molecule has 2 bridgehead atoms. The molecule has 1 aromatic carbocycles. The first-order valence-corrected chi connectivity index (χ1v) is 7.98. The number of aliphatic carboxylic acids is 1. The molecule has 0 spiro atoms. The van der Waals surface area contributed by atoms with Crippen LogP contribution in [-0.4, -0.2) is 41.1 Å². The van der Waals surface area contributed by atoms with Gasteiger partial charge in [-0.3, -0.25) is 9.69 Å². The molecule has 4 atom stereocenters. The Morgan fingerprint density at radius 1 is 1.10 bits per heavy atom. The molecule has 3 fully saturated rings. The molecule has 112 valence electrons. The largest absolute Gasteiger partial charge is 0.481 e. The minimum Gasteiger partial charge on any atom is -0.481 e. The Bertz CT molecular complexity index is 524. The fourth-order valence-electron chi connectivity index (χ4n) is 4.78. The SMILES string of the molecule is O=C(O)Cc1ccc(CN2[C@@H]3CC[C@H]2[C@H]2CNC[C@H]23)cc1. The van der Waals surface area contributed by atoms with Crippen molar-refractivity contribution in [2.75, 3.05) is 13.1 Å². The number of nitrogens with one attached hydrogen (secondary N) is 1. The van der Waals surface area contributed by atoms with Gasteiger partial charge < -0.3 is 10.4 Å². The number of fused-ring (bicyclic) bond motifs is 5. The standard InChI is InChI=1S/C17H22N2O2/c20-17(21)7-11-1-3-12(4-2-11)10-19-15-5-6-16(19)14-9-18-8-13(14)15/h1-4,13-16,18H,5-10H2,(H,20,21)/t13-,14+,15-,16+. The van der Waals surface area contributed by atoms with Gasteiger partial charge in [-0.15, -0.1) is 0 Å². The van der Waals surface area contributed by atoms with Crippen LogP contribution in [0, 0.1) is 11.8 Å². The number of carboxylic acid groups (broad SMARTS) is 1. The van der Waals surface area contributed by atoms with Gasteiger partial charge in [0.25, 0.3) is 0 Å². The van der Waals surface area contributed by atoms with E-state index in [0.29, 0.717) is 0 Å². The Kier molecular flexibility index (Phi) is 3.23. The lowest BCUT2D eigenvalue weighted by Crippen LogP contribution is -2.33. The second-order valence-electron chi connectivity index (χ2n) is 6.76. The van der Waals surface area contributed by atoms with Crippen LogP contribution >= 0.6 is 0 Å². The third kappa shape index (κ3) is 2.27. The summed E-state index contributed by atoms with van der Waals surface area (Å²) in [7, 11) is 0. The summed E-state index contributed by atoms with van der Waals surface area (Å²) in [5, 5.41) is 12.4. The molecule has 3 aliphatic heterocycles. The fourth-order valence-corrected chi connectivity index (χ4v) is 4.78. The van der Waals surface area contributed by atoms with Gasteiger partial charge in [0, 0.05) is 18.6 Å². The van der Waals surface area contributed by atoms with Crippen molar-refractivity contribution >= 4 is 5.97 Å². The molecule has 1 aromatic rings. The molecule has 4 rings (SSSR count). The second-order valence-corrected chi connectivity index (χ2v) is 6.76. The molecule has 21 heavy (non-hydrogen) atoms. The van der Waals surface area contributed by atoms with E-state index in [0.717, 1.165) is 36.0 Å². The summed E-state index contributed by atoms with van der Waals surface area (Å²) in [5.41, 5.74) is 2.20. The molecule has 3 heterocycles. The van der Waals surface area contributed by atoms with Crippen molar-refractivity contribution in [2.45, 2.75) is 37.9 Å². The van der Waals surface area contributed by atoms with Crippen LogP contribution in [0.4, 0.5) is 0 Å². The van der Waals surface area contributed by atoms with Crippen LogP contribution in [0.1, 0.15) is 24.0 Å². The van der Waals surface area contributed by atoms with Crippen molar-refractivity contribution in [3.63, 3.8) is 0 Å². The number of carboxylic acids is 1. The zero-order valence-corrected chi connectivity index (χ0v) is 12.2. The van der Waals surface area contributed by atoms with E-state index in [9.17, 15) is 4.79 Å². The van der Waals surface area contributed by atoms with Crippen LogP contribution in [0.15, 0.2) is 24.3 Å². The van der Waals surface area contributed by atoms with E-state index >= 15 is 0 Å². The number of hydrogen-bond donors (Lipinski definition) is 2. The summed E-state index contributed by atoms with van der Waals surface area (Å²) < 4.78 is 0. The van der Waals surface area contributed by atoms with E-state index in [2.05, 4.69) is 22.3 Å². The number of rotatable bonds is 4. The van der Waals surface area contributed by atoms with Crippen molar-refractivity contribution in [1.82, 2.24) is 10.2 Å².